The summed E-state index contributed by atoms with van der Waals surface area (Å²) in [6, 6.07) is 4.96. The molecule has 1 aromatic carbocycles. The van der Waals surface area contributed by atoms with E-state index in [1.54, 1.807) is 12.1 Å². The van der Waals surface area contributed by atoms with Crippen LogP contribution in [0.1, 0.15) is 22.5 Å². The molecule has 0 radical (unpaired) electrons. The molecule has 126 valence electrons. The molecule has 0 aliphatic carbocycles. The highest BCUT2D eigenvalue weighted by atomic mass is 19.1. The molecule has 2 N–H and O–H groups in total. The van der Waals surface area contributed by atoms with Gasteiger partial charge < -0.3 is 10.6 Å². The average molecular weight is 335 g/mol. The maximum Gasteiger partial charge on any atom is 0.276 e. The number of primary amides is 1. The van der Waals surface area contributed by atoms with Crippen LogP contribution in [0.2, 0.25) is 0 Å². The average Bonchev–Trinajstić information content (AvgIpc) is 3.13. The van der Waals surface area contributed by atoms with Crippen molar-refractivity contribution in [3.63, 3.8) is 0 Å². The van der Waals surface area contributed by atoms with Crippen LogP contribution in [0.25, 0.3) is 0 Å². The third-order valence-electron chi connectivity index (χ3n) is 3.83. The molecule has 0 saturated carbocycles. The molecule has 7 nitrogen and oxygen atoms in total. The van der Waals surface area contributed by atoms with Crippen LogP contribution in [0.3, 0.4) is 0 Å². The van der Waals surface area contributed by atoms with E-state index in [9.17, 15) is 18.4 Å². The fourth-order valence-electron chi connectivity index (χ4n) is 2.72. The summed E-state index contributed by atoms with van der Waals surface area (Å²) in [6.07, 6.45) is -0.0381. The predicted molar refractivity (Wildman–Crippen MR) is 79.1 cm³/mol. The van der Waals surface area contributed by atoms with E-state index in [1.165, 1.54) is 23.0 Å². The van der Waals surface area contributed by atoms with Crippen LogP contribution in [0, 0.1) is 5.82 Å². The van der Waals surface area contributed by atoms with E-state index in [0.29, 0.717) is 5.56 Å². The van der Waals surface area contributed by atoms with Gasteiger partial charge in [0.05, 0.1) is 19.3 Å². The van der Waals surface area contributed by atoms with Crippen LogP contribution in [0.4, 0.5) is 8.78 Å². The van der Waals surface area contributed by atoms with Crippen molar-refractivity contribution >= 4 is 11.8 Å². The van der Waals surface area contributed by atoms with Gasteiger partial charge in [0.25, 0.3) is 5.91 Å². The SMILES string of the molecule is NC(=O)[C@@H]1C[C@@H](F)CN1C(=O)c1cn(Cc2cccc(F)c2)nn1. The molecule has 1 aliphatic rings. The first-order valence-corrected chi connectivity index (χ1v) is 7.33. The molecule has 0 unspecified atom stereocenters. The number of likely N-dealkylation sites (tertiary alicyclic amines) is 1. The Bertz CT molecular complexity index is 779. The standard InChI is InChI=1S/C15H15F2N5O2/c16-10-3-1-2-9(4-10)6-21-8-12(19-20-21)15(24)22-7-11(17)5-13(22)14(18)23/h1-4,8,11,13H,5-7H2,(H2,18,23)/t11-,13+/m1/s1. The number of aromatic nitrogens is 3. The Hall–Kier alpha value is -2.84. The number of carbonyl (C=O) groups is 2. The van der Waals surface area contributed by atoms with E-state index in [1.807, 2.05) is 0 Å². The molecule has 0 spiro atoms. The number of halogens is 2. The molecule has 2 amide bonds. The molecule has 2 aromatic rings. The van der Waals surface area contributed by atoms with Crippen LogP contribution in [-0.2, 0) is 11.3 Å². The lowest BCUT2D eigenvalue weighted by atomic mass is 10.2. The highest BCUT2D eigenvalue weighted by Gasteiger charge is 2.39. The third-order valence-corrected chi connectivity index (χ3v) is 3.83. The molecular formula is C15H15F2N5O2. The van der Waals surface area contributed by atoms with Gasteiger partial charge in [-0.25, -0.2) is 13.5 Å². The summed E-state index contributed by atoms with van der Waals surface area (Å²) in [5.74, 6) is -1.74. The first-order chi connectivity index (χ1) is 11.4. The lowest BCUT2D eigenvalue weighted by Gasteiger charge is -2.20. The van der Waals surface area contributed by atoms with Crippen molar-refractivity contribution in [3.05, 3.63) is 47.5 Å². The van der Waals surface area contributed by atoms with Gasteiger partial charge in [-0.05, 0) is 17.7 Å². The van der Waals surface area contributed by atoms with E-state index < -0.39 is 24.0 Å². The minimum Gasteiger partial charge on any atom is -0.368 e. The molecule has 1 aromatic heterocycles. The Morgan fingerprint density at radius 2 is 2.17 bits per heavy atom. The quantitative estimate of drug-likeness (QED) is 0.880. The zero-order valence-electron chi connectivity index (χ0n) is 12.6. The molecule has 1 fully saturated rings. The number of nitrogens with two attached hydrogens (primary N) is 1. The number of benzene rings is 1. The molecular weight excluding hydrogens is 320 g/mol. The summed E-state index contributed by atoms with van der Waals surface area (Å²) in [6.45, 7) is 0.0201. The van der Waals surface area contributed by atoms with Gasteiger partial charge in [0.15, 0.2) is 5.69 Å². The van der Waals surface area contributed by atoms with Crippen molar-refractivity contribution in [2.24, 2.45) is 5.73 Å². The fourth-order valence-corrected chi connectivity index (χ4v) is 2.72. The Morgan fingerprint density at radius 1 is 1.38 bits per heavy atom. The Kier molecular flexibility index (Phi) is 4.24. The number of hydrogen-bond donors (Lipinski definition) is 1. The number of hydrogen-bond acceptors (Lipinski definition) is 4. The second-order valence-corrected chi connectivity index (χ2v) is 5.64. The van der Waals surface area contributed by atoms with E-state index in [-0.39, 0.29) is 31.0 Å². The van der Waals surface area contributed by atoms with Gasteiger partial charge >= 0.3 is 0 Å². The van der Waals surface area contributed by atoms with Crippen molar-refractivity contribution in [3.8, 4) is 0 Å². The lowest BCUT2D eigenvalue weighted by Crippen LogP contribution is -2.43. The Balaban J connectivity index is 1.75. The minimum atomic E-state index is -1.30. The molecule has 3 rings (SSSR count). The van der Waals surface area contributed by atoms with E-state index in [4.69, 9.17) is 5.73 Å². The Labute approximate surface area is 136 Å². The highest BCUT2D eigenvalue weighted by Crippen LogP contribution is 2.22. The number of carbonyl (C=O) groups excluding carboxylic acids is 2. The number of rotatable bonds is 4. The van der Waals surface area contributed by atoms with Crippen LogP contribution in [0.5, 0.6) is 0 Å². The summed E-state index contributed by atoms with van der Waals surface area (Å²) >= 11 is 0. The van der Waals surface area contributed by atoms with Crippen molar-refractivity contribution in [2.45, 2.75) is 25.2 Å². The van der Waals surface area contributed by atoms with E-state index in [2.05, 4.69) is 10.3 Å². The molecule has 2 heterocycles. The number of amides is 2. The van der Waals surface area contributed by atoms with Gasteiger partial charge in [-0.2, -0.15) is 0 Å². The summed E-state index contributed by atoms with van der Waals surface area (Å²) in [7, 11) is 0. The molecule has 9 heteroatoms. The highest BCUT2D eigenvalue weighted by molar-refractivity contribution is 5.96. The van der Waals surface area contributed by atoms with Gasteiger partial charge in [0, 0.05) is 6.42 Å². The summed E-state index contributed by atoms with van der Waals surface area (Å²) in [4.78, 5) is 24.8. The molecule has 2 atom stereocenters. The smallest absolute Gasteiger partial charge is 0.276 e. The normalized spacial score (nSPS) is 20.3. The van der Waals surface area contributed by atoms with Gasteiger partial charge in [-0.15, -0.1) is 5.10 Å². The van der Waals surface area contributed by atoms with Gasteiger partial charge in [0.1, 0.15) is 18.0 Å². The molecule has 1 aliphatic heterocycles. The van der Waals surface area contributed by atoms with Crippen molar-refractivity contribution in [2.75, 3.05) is 6.54 Å². The van der Waals surface area contributed by atoms with Gasteiger partial charge in [-0.1, -0.05) is 17.3 Å². The first-order valence-electron chi connectivity index (χ1n) is 7.33. The third kappa shape index (κ3) is 3.24. The summed E-state index contributed by atoms with van der Waals surface area (Å²) in [5, 5.41) is 7.56. The Morgan fingerprint density at radius 3 is 2.88 bits per heavy atom. The zero-order chi connectivity index (χ0) is 17.3. The molecule has 0 bridgehead atoms. The predicted octanol–water partition coefficient (Wildman–Crippen LogP) is 0.503. The zero-order valence-corrected chi connectivity index (χ0v) is 12.6. The van der Waals surface area contributed by atoms with Gasteiger partial charge in [-0.3, -0.25) is 9.59 Å². The maximum absolute atomic E-state index is 13.5. The lowest BCUT2D eigenvalue weighted by molar-refractivity contribution is -0.121. The van der Waals surface area contributed by atoms with E-state index >= 15 is 0 Å². The van der Waals surface area contributed by atoms with Gasteiger partial charge in [0.2, 0.25) is 5.91 Å². The van der Waals surface area contributed by atoms with Crippen LogP contribution in [0.15, 0.2) is 30.5 Å². The van der Waals surface area contributed by atoms with Crippen molar-refractivity contribution in [1.29, 1.82) is 0 Å². The number of alkyl halides is 1. The first kappa shape index (κ1) is 16.0. The van der Waals surface area contributed by atoms with E-state index in [0.717, 1.165) is 4.90 Å². The largest absolute Gasteiger partial charge is 0.368 e. The van der Waals surface area contributed by atoms with Crippen LogP contribution < -0.4 is 5.73 Å². The van der Waals surface area contributed by atoms with Crippen LogP contribution in [-0.4, -0.2) is 50.5 Å². The molecule has 1 saturated heterocycles. The van der Waals surface area contributed by atoms with Crippen molar-refractivity contribution in [1.82, 2.24) is 19.9 Å². The summed E-state index contributed by atoms with van der Waals surface area (Å²) < 4.78 is 28.1. The van der Waals surface area contributed by atoms with Crippen molar-refractivity contribution < 1.29 is 18.4 Å². The number of nitrogens with zero attached hydrogens (tertiary/aromatic N) is 4. The maximum atomic E-state index is 13.5. The second kappa shape index (κ2) is 6.34. The molecule has 24 heavy (non-hydrogen) atoms. The van der Waals surface area contributed by atoms with Crippen LogP contribution >= 0.6 is 0 Å². The fraction of sp³-hybridized carbons (Fsp3) is 0.333. The topological polar surface area (TPSA) is 94.1 Å². The summed E-state index contributed by atoms with van der Waals surface area (Å²) in [5.41, 5.74) is 5.84. The second-order valence-electron chi connectivity index (χ2n) is 5.64. The minimum absolute atomic E-state index is 0.0215. The monoisotopic (exact) mass is 335 g/mol.